The highest BCUT2D eigenvalue weighted by Gasteiger charge is 2.20. The lowest BCUT2D eigenvalue weighted by atomic mass is 9.78. The summed E-state index contributed by atoms with van der Waals surface area (Å²) < 4.78 is 0. The molecule has 1 aliphatic rings. The van der Waals surface area contributed by atoms with Crippen molar-refractivity contribution in [3.8, 4) is 11.3 Å². The minimum Gasteiger partial charge on any atom is -0.256 e. The summed E-state index contributed by atoms with van der Waals surface area (Å²) in [5.74, 6) is 1.95. The van der Waals surface area contributed by atoms with Gasteiger partial charge in [-0.25, -0.2) is 0 Å². The van der Waals surface area contributed by atoms with Gasteiger partial charge in [-0.3, -0.25) is 4.98 Å². The molecule has 0 radical (unpaired) electrons. The van der Waals surface area contributed by atoms with Crippen LogP contribution in [0.15, 0.2) is 42.6 Å². The lowest BCUT2D eigenvalue weighted by Gasteiger charge is -2.28. The van der Waals surface area contributed by atoms with Crippen LogP contribution in [0, 0.1) is 11.8 Å². The van der Waals surface area contributed by atoms with Gasteiger partial charge in [-0.15, -0.1) is 0 Å². The summed E-state index contributed by atoms with van der Waals surface area (Å²) in [5, 5.41) is 0. The van der Waals surface area contributed by atoms with Gasteiger partial charge in [-0.05, 0) is 54.7 Å². The normalized spacial score (nSPS) is 19.9. The van der Waals surface area contributed by atoms with Crippen molar-refractivity contribution in [3.05, 3.63) is 53.7 Å². The van der Waals surface area contributed by atoms with Crippen molar-refractivity contribution in [2.24, 2.45) is 11.8 Å². The molecule has 1 nitrogen and oxygen atoms in total. The zero-order valence-corrected chi connectivity index (χ0v) is 17.4. The van der Waals surface area contributed by atoms with Crippen molar-refractivity contribution in [2.45, 2.75) is 84.5 Å². The second-order valence-corrected chi connectivity index (χ2v) is 8.57. The molecule has 1 fully saturated rings. The van der Waals surface area contributed by atoms with Crippen LogP contribution in [-0.2, 0) is 12.8 Å². The smallest absolute Gasteiger partial charge is 0.0702 e. The molecule has 146 valence electrons. The minimum atomic E-state index is 0.938. The number of nitrogens with zero attached hydrogens (tertiary/aromatic N) is 1. The summed E-state index contributed by atoms with van der Waals surface area (Å²) in [4.78, 5) is 4.74. The Balaban J connectivity index is 1.47. The van der Waals surface area contributed by atoms with Crippen LogP contribution < -0.4 is 0 Å². The third-order valence-corrected chi connectivity index (χ3v) is 6.40. The number of benzene rings is 1. The number of aromatic nitrogens is 1. The second-order valence-electron chi connectivity index (χ2n) is 8.57. The van der Waals surface area contributed by atoms with Gasteiger partial charge in [0.15, 0.2) is 0 Å². The number of aryl methyl sites for hydroxylation is 2. The predicted octanol–water partition coefficient (Wildman–Crippen LogP) is 7.63. The molecule has 1 heteroatoms. The van der Waals surface area contributed by atoms with Crippen LogP contribution in [0.5, 0.6) is 0 Å². The lowest BCUT2D eigenvalue weighted by Crippen LogP contribution is -2.15. The van der Waals surface area contributed by atoms with Gasteiger partial charge in [0.05, 0.1) is 5.69 Å². The maximum atomic E-state index is 4.74. The summed E-state index contributed by atoms with van der Waals surface area (Å²) in [6, 6.07) is 13.5. The zero-order valence-electron chi connectivity index (χ0n) is 17.4. The van der Waals surface area contributed by atoms with Crippen LogP contribution in [0.25, 0.3) is 11.3 Å². The molecular formula is C26H37N. The molecule has 0 amide bonds. The van der Waals surface area contributed by atoms with Gasteiger partial charge in [0.25, 0.3) is 0 Å². The lowest BCUT2D eigenvalue weighted by molar-refractivity contribution is 0.252. The summed E-state index contributed by atoms with van der Waals surface area (Å²) in [6.45, 7) is 4.57. The molecule has 0 atom stereocenters. The molecule has 1 aliphatic carbocycles. The Hall–Kier alpha value is -1.63. The monoisotopic (exact) mass is 363 g/mol. The molecule has 0 bridgehead atoms. The van der Waals surface area contributed by atoms with E-state index in [-0.39, 0.29) is 0 Å². The molecule has 3 rings (SSSR count). The second kappa shape index (κ2) is 10.6. The van der Waals surface area contributed by atoms with Gasteiger partial charge in [-0.2, -0.15) is 0 Å². The first kappa shape index (κ1) is 20.1. The number of hydrogen-bond donors (Lipinski definition) is 0. The van der Waals surface area contributed by atoms with Crippen LogP contribution in [0.2, 0.25) is 0 Å². The first-order chi connectivity index (χ1) is 13.3. The Morgan fingerprint density at radius 3 is 2.00 bits per heavy atom. The van der Waals surface area contributed by atoms with Gasteiger partial charge >= 0.3 is 0 Å². The van der Waals surface area contributed by atoms with E-state index in [0.29, 0.717) is 0 Å². The largest absolute Gasteiger partial charge is 0.256 e. The van der Waals surface area contributed by atoms with E-state index in [0.717, 1.165) is 17.5 Å². The maximum absolute atomic E-state index is 4.74. The van der Waals surface area contributed by atoms with Crippen molar-refractivity contribution in [3.63, 3.8) is 0 Å². The standard InChI is InChI=1S/C26H37N/c1-3-5-7-22-14-17-25(18-15-22)26-19-16-24(20-27-26)13-12-23-10-8-21(6-4-2)9-11-23/h14-21,23H,3-13H2,1-2H3/t21-,23-. The first-order valence-electron chi connectivity index (χ1n) is 11.3. The first-order valence-corrected chi connectivity index (χ1v) is 11.3. The van der Waals surface area contributed by atoms with Crippen molar-refractivity contribution >= 4 is 0 Å². The molecule has 27 heavy (non-hydrogen) atoms. The molecule has 0 saturated heterocycles. The minimum absolute atomic E-state index is 0.938. The fourth-order valence-corrected chi connectivity index (χ4v) is 4.55. The molecule has 0 spiro atoms. The fraction of sp³-hybridized carbons (Fsp3) is 0.577. The summed E-state index contributed by atoms with van der Waals surface area (Å²) in [7, 11) is 0. The van der Waals surface area contributed by atoms with Crippen molar-refractivity contribution in [1.82, 2.24) is 4.98 Å². The molecular weight excluding hydrogens is 326 g/mol. The van der Waals surface area contributed by atoms with Gasteiger partial charge in [0.1, 0.15) is 0 Å². The van der Waals surface area contributed by atoms with Gasteiger partial charge < -0.3 is 0 Å². The molecule has 1 heterocycles. The highest BCUT2D eigenvalue weighted by molar-refractivity contribution is 5.59. The molecule has 0 unspecified atom stereocenters. The Morgan fingerprint density at radius 1 is 0.741 bits per heavy atom. The third kappa shape index (κ3) is 6.19. The molecule has 1 aromatic heterocycles. The Bertz CT molecular complexity index is 648. The summed E-state index contributed by atoms with van der Waals surface area (Å²) in [5.41, 5.74) is 5.16. The number of hydrogen-bond acceptors (Lipinski definition) is 1. The van der Waals surface area contributed by atoms with E-state index >= 15 is 0 Å². The topological polar surface area (TPSA) is 12.9 Å². The number of unbranched alkanes of at least 4 members (excludes halogenated alkanes) is 1. The SMILES string of the molecule is CCCCc1ccc(-c2ccc(CC[C@H]3CC[C@H](CCC)CC3)cn2)cc1. The van der Waals surface area contributed by atoms with Crippen LogP contribution >= 0.6 is 0 Å². The van der Waals surface area contributed by atoms with Crippen molar-refractivity contribution < 1.29 is 0 Å². The Kier molecular flexibility index (Phi) is 7.93. The Morgan fingerprint density at radius 2 is 1.41 bits per heavy atom. The number of rotatable bonds is 9. The molecule has 2 aromatic rings. The van der Waals surface area contributed by atoms with E-state index in [9.17, 15) is 0 Å². The van der Waals surface area contributed by atoms with E-state index in [1.807, 2.05) is 0 Å². The summed E-state index contributed by atoms with van der Waals surface area (Å²) >= 11 is 0. The van der Waals surface area contributed by atoms with E-state index in [2.05, 4.69) is 56.4 Å². The van der Waals surface area contributed by atoms with Crippen LogP contribution in [0.4, 0.5) is 0 Å². The average molecular weight is 364 g/mol. The van der Waals surface area contributed by atoms with Crippen molar-refractivity contribution in [1.29, 1.82) is 0 Å². The van der Waals surface area contributed by atoms with Gasteiger partial charge in [0.2, 0.25) is 0 Å². The van der Waals surface area contributed by atoms with E-state index in [4.69, 9.17) is 4.98 Å². The Labute approximate surface area is 166 Å². The highest BCUT2D eigenvalue weighted by atomic mass is 14.7. The van der Waals surface area contributed by atoms with E-state index in [1.54, 1.807) is 0 Å². The highest BCUT2D eigenvalue weighted by Crippen LogP contribution is 2.33. The van der Waals surface area contributed by atoms with Crippen molar-refractivity contribution in [2.75, 3.05) is 0 Å². The van der Waals surface area contributed by atoms with Crippen LogP contribution in [-0.4, -0.2) is 4.98 Å². The quantitative estimate of drug-likeness (QED) is 0.446. The van der Waals surface area contributed by atoms with Crippen LogP contribution in [0.1, 0.15) is 82.8 Å². The molecule has 0 N–H and O–H groups in total. The fourth-order valence-electron chi connectivity index (χ4n) is 4.55. The summed E-state index contributed by atoms with van der Waals surface area (Å²) in [6.07, 6.45) is 16.9. The van der Waals surface area contributed by atoms with Gasteiger partial charge in [0, 0.05) is 11.8 Å². The van der Waals surface area contributed by atoms with Gasteiger partial charge in [-0.1, -0.05) is 89.1 Å². The number of pyridine rings is 1. The molecule has 1 saturated carbocycles. The zero-order chi connectivity index (χ0) is 18.9. The van der Waals surface area contributed by atoms with Crippen LogP contribution in [0.3, 0.4) is 0 Å². The predicted molar refractivity (Wildman–Crippen MR) is 117 cm³/mol. The van der Waals surface area contributed by atoms with E-state index < -0.39 is 0 Å². The molecule has 1 aromatic carbocycles. The molecule has 0 aliphatic heterocycles. The van der Waals surface area contributed by atoms with E-state index in [1.165, 1.54) is 87.3 Å². The third-order valence-electron chi connectivity index (χ3n) is 6.40. The maximum Gasteiger partial charge on any atom is 0.0702 e. The average Bonchev–Trinajstić information content (AvgIpc) is 2.73.